The Balaban J connectivity index is 1.39. The second kappa shape index (κ2) is 10.8. The van der Waals surface area contributed by atoms with E-state index < -0.39 is 0 Å². The number of hydrogen-bond acceptors (Lipinski definition) is 8. The van der Waals surface area contributed by atoms with Crippen molar-refractivity contribution in [1.29, 1.82) is 0 Å². The van der Waals surface area contributed by atoms with Gasteiger partial charge in [0.05, 0.1) is 19.4 Å². The first-order chi connectivity index (χ1) is 14.2. The Morgan fingerprint density at radius 3 is 2.76 bits per heavy atom. The quantitative estimate of drug-likeness (QED) is 0.349. The van der Waals surface area contributed by atoms with Gasteiger partial charge in [0.25, 0.3) is 0 Å². The molecule has 29 heavy (non-hydrogen) atoms. The highest BCUT2D eigenvalue weighted by atomic mass is 32.1. The number of ether oxygens (including phenoxy) is 2. The van der Waals surface area contributed by atoms with Crippen LogP contribution < -0.4 is 9.64 Å². The van der Waals surface area contributed by atoms with Gasteiger partial charge in [0.1, 0.15) is 12.9 Å². The average Bonchev–Trinajstić information content (AvgIpc) is 3.24. The summed E-state index contributed by atoms with van der Waals surface area (Å²) in [5, 5.41) is 6.42. The highest BCUT2D eigenvalue weighted by Gasteiger charge is 2.22. The molecule has 0 radical (unpaired) electrons. The van der Waals surface area contributed by atoms with Gasteiger partial charge in [-0.1, -0.05) is 5.16 Å². The smallest absolute Gasteiger partial charge is 0.357 e. The number of aromatic nitrogens is 1. The lowest BCUT2D eigenvalue weighted by Crippen LogP contribution is -2.34. The van der Waals surface area contributed by atoms with Crippen molar-refractivity contribution < 1.29 is 19.1 Å². The molecule has 0 unspecified atom stereocenters. The molecule has 0 bridgehead atoms. The van der Waals surface area contributed by atoms with Crippen LogP contribution in [0.4, 0.5) is 5.13 Å². The molecule has 1 aliphatic heterocycles. The highest BCUT2D eigenvalue weighted by Crippen LogP contribution is 2.28. The molecule has 0 N–H and O–H groups in total. The largest absolute Gasteiger partial charge is 0.494 e. The molecule has 0 aliphatic carbocycles. The monoisotopic (exact) mass is 417 g/mol. The van der Waals surface area contributed by atoms with E-state index >= 15 is 0 Å². The molecule has 1 aromatic heterocycles. The lowest BCUT2D eigenvalue weighted by atomic mass is 9.94. The molecule has 0 spiro atoms. The molecule has 0 amide bonds. The van der Waals surface area contributed by atoms with Crippen LogP contribution in [0, 0.1) is 5.92 Å². The molecule has 1 saturated heterocycles. The van der Waals surface area contributed by atoms with Gasteiger partial charge in [-0.25, -0.2) is 9.78 Å². The van der Waals surface area contributed by atoms with Crippen molar-refractivity contribution in [3.05, 3.63) is 40.9 Å². The fourth-order valence-corrected chi connectivity index (χ4v) is 4.08. The Morgan fingerprint density at radius 1 is 1.31 bits per heavy atom. The Hall–Kier alpha value is -2.61. The second-order valence-corrected chi connectivity index (χ2v) is 7.63. The van der Waals surface area contributed by atoms with Crippen LogP contribution in [0.25, 0.3) is 0 Å². The minimum absolute atomic E-state index is 0.346. The van der Waals surface area contributed by atoms with E-state index in [0.29, 0.717) is 24.8 Å². The molecule has 2 heterocycles. The zero-order valence-corrected chi connectivity index (χ0v) is 17.7. The van der Waals surface area contributed by atoms with Crippen LogP contribution >= 0.6 is 11.3 Å². The van der Waals surface area contributed by atoms with E-state index in [0.717, 1.165) is 48.8 Å². The van der Waals surface area contributed by atoms with Crippen LogP contribution in [-0.2, 0) is 9.57 Å². The maximum atomic E-state index is 11.8. The van der Waals surface area contributed by atoms with Gasteiger partial charge in [0.2, 0.25) is 0 Å². The summed E-state index contributed by atoms with van der Waals surface area (Å²) in [6.07, 6.45) is 4.90. The molecule has 1 fully saturated rings. The van der Waals surface area contributed by atoms with Crippen molar-refractivity contribution in [3.63, 3.8) is 0 Å². The number of benzene rings is 1. The van der Waals surface area contributed by atoms with E-state index in [1.165, 1.54) is 18.4 Å². The van der Waals surface area contributed by atoms with Gasteiger partial charge < -0.3 is 19.2 Å². The molecule has 0 atom stereocenters. The highest BCUT2D eigenvalue weighted by molar-refractivity contribution is 7.13. The van der Waals surface area contributed by atoms with Crippen molar-refractivity contribution in [3.8, 4) is 5.75 Å². The summed E-state index contributed by atoms with van der Waals surface area (Å²) in [5.41, 5.74) is 1.38. The Bertz CT molecular complexity index is 799. The molecule has 3 rings (SSSR count). The van der Waals surface area contributed by atoms with E-state index in [4.69, 9.17) is 9.47 Å². The number of carbonyl (C=O) groups is 1. The van der Waals surface area contributed by atoms with Gasteiger partial charge >= 0.3 is 5.97 Å². The summed E-state index contributed by atoms with van der Waals surface area (Å²) >= 11 is 1.50. The molecule has 8 heteroatoms. The Labute approximate surface area is 175 Å². The standard InChI is InChI=1S/C21H27N3O4S/c1-3-27-20(25)19-15-29-21(23-19)24-11-8-16(9-12-24)10-13-28-18-6-4-17(5-7-18)14-22-26-2/h4-7,14-16H,3,8-13H2,1-2H3. The van der Waals surface area contributed by atoms with Crippen molar-refractivity contribution in [2.75, 3.05) is 38.3 Å². The van der Waals surface area contributed by atoms with Gasteiger partial charge in [-0.3, -0.25) is 0 Å². The third kappa shape index (κ3) is 6.19. The molecule has 1 aliphatic rings. The predicted molar refractivity (Wildman–Crippen MR) is 114 cm³/mol. The van der Waals surface area contributed by atoms with Gasteiger partial charge in [0.15, 0.2) is 10.8 Å². The number of nitrogens with zero attached hydrogens (tertiary/aromatic N) is 3. The Morgan fingerprint density at radius 2 is 2.07 bits per heavy atom. The predicted octanol–water partition coefficient (Wildman–Crippen LogP) is 3.99. The average molecular weight is 418 g/mol. The number of thiazole rings is 1. The third-order valence-electron chi connectivity index (χ3n) is 4.84. The van der Waals surface area contributed by atoms with Crippen LogP contribution in [0.5, 0.6) is 5.75 Å². The lowest BCUT2D eigenvalue weighted by Gasteiger charge is -2.31. The molecule has 7 nitrogen and oxygen atoms in total. The zero-order chi connectivity index (χ0) is 20.5. The normalized spacial score (nSPS) is 14.9. The fraction of sp³-hybridized carbons (Fsp3) is 0.476. The van der Waals surface area contributed by atoms with Crippen molar-refractivity contribution >= 4 is 28.7 Å². The number of rotatable bonds is 9. The molecule has 2 aromatic rings. The number of oxime groups is 1. The van der Waals surface area contributed by atoms with Crippen molar-refractivity contribution in [2.45, 2.75) is 26.2 Å². The first kappa shape index (κ1) is 21.1. The van der Waals surface area contributed by atoms with Gasteiger partial charge in [-0.2, -0.15) is 0 Å². The molecule has 0 saturated carbocycles. The van der Waals surface area contributed by atoms with E-state index in [1.54, 1.807) is 18.5 Å². The van der Waals surface area contributed by atoms with Crippen LogP contribution in [-0.4, -0.2) is 50.6 Å². The lowest BCUT2D eigenvalue weighted by molar-refractivity contribution is 0.0520. The molecule has 156 valence electrons. The summed E-state index contributed by atoms with van der Waals surface area (Å²) in [4.78, 5) is 23.1. The van der Waals surface area contributed by atoms with Crippen LogP contribution in [0.2, 0.25) is 0 Å². The second-order valence-electron chi connectivity index (χ2n) is 6.79. The van der Waals surface area contributed by atoms with Crippen LogP contribution in [0.1, 0.15) is 42.2 Å². The van der Waals surface area contributed by atoms with Gasteiger partial charge in [-0.15, -0.1) is 11.3 Å². The maximum Gasteiger partial charge on any atom is 0.357 e. The maximum absolute atomic E-state index is 11.8. The minimum atomic E-state index is -0.346. The first-order valence-corrected chi connectivity index (χ1v) is 10.7. The van der Waals surface area contributed by atoms with Gasteiger partial charge in [0, 0.05) is 18.5 Å². The molecule has 1 aromatic carbocycles. The summed E-state index contributed by atoms with van der Waals surface area (Å²) in [6.45, 7) is 4.78. The third-order valence-corrected chi connectivity index (χ3v) is 5.75. The number of anilines is 1. The van der Waals surface area contributed by atoms with E-state index in [9.17, 15) is 4.79 Å². The van der Waals surface area contributed by atoms with Crippen LogP contribution in [0.15, 0.2) is 34.8 Å². The van der Waals surface area contributed by atoms with Crippen molar-refractivity contribution in [2.24, 2.45) is 11.1 Å². The minimum Gasteiger partial charge on any atom is -0.494 e. The summed E-state index contributed by atoms with van der Waals surface area (Å²) < 4.78 is 10.9. The van der Waals surface area contributed by atoms with E-state index in [-0.39, 0.29) is 5.97 Å². The van der Waals surface area contributed by atoms with Crippen LogP contribution in [0.3, 0.4) is 0 Å². The summed E-state index contributed by atoms with van der Waals surface area (Å²) in [6, 6.07) is 7.80. The fourth-order valence-electron chi connectivity index (χ4n) is 3.23. The first-order valence-electron chi connectivity index (χ1n) is 9.86. The van der Waals surface area contributed by atoms with E-state index in [1.807, 2.05) is 24.3 Å². The van der Waals surface area contributed by atoms with Crippen molar-refractivity contribution in [1.82, 2.24) is 4.98 Å². The number of hydrogen-bond donors (Lipinski definition) is 0. The summed E-state index contributed by atoms with van der Waals surface area (Å²) in [7, 11) is 1.52. The summed E-state index contributed by atoms with van der Waals surface area (Å²) in [5.74, 6) is 1.16. The van der Waals surface area contributed by atoms with Gasteiger partial charge in [-0.05, 0) is 61.9 Å². The van der Waals surface area contributed by atoms with E-state index in [2.05, 4.69) is 19.9 Å². The molecular weight excluding hydrogens is 390 g/mol. The number of carbonyl (C=O) groups excluding carboxylic acids is 1. The molecular formula is C21H27N3O4S. The Kier molecular flexibility index (Phi) is 7.86. The number of esters is 1. The topological polar surface area (TPSA) is 73.2 Å². The number of piperidine rings is 1. The SMILES string of the molecule is CCOC(=O)c1csc(N2CCC(CCOc3ccc(C=NOC)cc3)CC2)n1. The zero-order valence-electron chi connectivity index (χ0n) is 16.9.